The molecule has 0 bridgehead atoms. The normalized spacial score (nSPS) is 11.8. The fourth-order valence-corrected chi connectivity index (χ4v) is 18.4. The summed E-state index contributed by atoms with van der Waals surface area (Å²) in [5, 5.41) is 0. The lowest BCUT2D eigenvalue weighted by molar-refractivity contribution is 1.11. The predicted octanol–water partition coefficient (Wildman–Crippen LogP) is 28.3. The molecule has 9 nitrogen and oxygen atoms in total. The standard InChI is InChI=1S/C111H71N9/c1-7-26-72(27-8-1)82-52-55-101-98(69-82)114-110-117(107-71-84(54-57-106(107)119(101)110)73-28-9-2-10-29-73)95-67-91(77-36-17-6-18-37-77)63-92(68-95)79-50-48-78(49-51-79)83-53-56-100-99(70-83)113-109-115(102-44-19-21-46-104(102)118(100)109)93-41-24-39-81(64-93)88-60-86(74-30-11-3-12-31-74)59-87(61-88)80-38-23-40-85(58-80)96-42-25-43-97-108(96)120-105-47-22-20-45-103(105)116(111(120)112-97)94-65-89(75-32-13-4-14-33-75)62-90(66-94)76-34-15-5-16-35-76/h1-71H. The van der Waals surface area contributed by atoms with Gasteiger partial charge in [0.05, 0.1) is 77.6 Å². The topological polar surface area (TPSA) is 66.7 Å². The summed E-state index contributed by atoms with van der Waals surface area (Å²) in [6.07, 6.45) is 0. The summed E-state index contributed by atoms with van der Waals surface area (Å²) in [6, 6.07) is 156. The van der Waals surface area contributed by atoms with E-state index in [2.05, 4.69) is 458 Å². The monoisotopic (exact) mass is 1530 g/mol. The van der Waals surface area contributed by atoms with Crippen molar-refractivity contribution in [3.63, 3.8) is 0 Å². The van der Waals surface area contributed by atoms with E-state index in [0.717, 1.165) is 223 Å². The maximum Gasteiger partial charge on any atom is 0.220 e. The molecule has 0 aliphatic carbocycles. The first kappa shape index (κ1) is 68.2. The van der Waals surface area contributed by atoms with Crippen molar-refractivity contribution < 1.29 is 0 Å². The van der Waals surface area contributed by atoms with Crippen LogP contribution in [0.15, 0.2) is 431 Å². The Hall–Kier alpha value is -16.2. The Labute approximate surface area is 691 Å². The number of imidazole rings is 6. The number of rotatable bonds is 14. The fraction of sp³-hybridized carbons (Fsp3) is 0. The second kappa shape index (κ2) is 27.8. The summed E-state index contributed by atoms with van der Waals surface area (Å²) >= 11 is 0. The van der Waals surface area contributed by atoms with Crippen molar-refractivity contribution in [2.45, 2.75) is 0 Å². The first-order valence-electron chi connectivity index (χ1n) is 40.9. The summed E-state index contributed by atoms with van der Waals surface area (Å²) in [7, 11) is 0. The molecule has 0 aliphatic rings. The van der Waals surface area contributed by atoms with Gasteiger partial charge in [0.2, 0.25) is 17.3 Å². The quantitative estimate of drug-likeness (QED) is 0.109. The Morgan fingerprint density at radius 3 is 0.892 bits per heavy atom. The number of hydrogen-bond acceptors (Lipinski definition) is 3. The molecule has 560 valence electrons. The Morgan fingerprint density at radius 1 is 0.142 bits per heavy atom. The zero-order valence-corrected chi connectivity index (χ0v) is 65.0. The molecule has 18 aromatic carbocycles. The van der Waals surface area contributed by atoms with Gasteiger partial charge in [0, 0.05) is 11.3 Å². The van der Waals surface area contributed by atoms with Gasteiger partial charge in [-0.05, 0) is 256 Å². The van der Waals surface area contributed by atoms with E-state index in [0.29, 0.717) is 0 Å². The van der Waals surface area contributed by atoms with E-state index in [-0.39, 0.29) is 0 Å². The smallest absolute Gasteiger partial charge is 0.220 e. The van der Waals surface area contributed by atoms with Gasteiger partial charge in [0.1, 0.15) is 0 Å². The highest BCUT2D eigenvalue weighted by molar-refractivity contribution is 6.02. The largest absolute Gasteiger partial charge is 0.278 e. The van der Waals surface area contributed by atoms with Gasteiger partial charge in [0.25, 0.3) is 0 Å². The second-order valence-corrected chi connectivity index (χ2v) is 31.2. The highest BCUT2D eigenvalue weighted by Gasteiger charge is 2.26. The zero-order valence-electron chi connectivity index (χ0n) is 65.0. The predicted molar refractivity (Wildman–Crippen MR) is 496 cm³/mol. The minimum Gasteiger partial charge on any atom is -0.278 e. The molecule has 0 amide bonds. The maximum absolute atomic E-state index is 5.59. The third kappa shape index (κ3) is 11.4. The van der Waals surface area contributed by atoms with Crippen molar-refractivity contribution >= 4 is 83.5 Å². The molecule has 0 saturated heterocycles. The van der Waals surface area contributed by atoms with E-state index in [1.807, 2.05) is 0 Å². The molecule has 0 fully saturated rings. The average Bonchev–Trinajstić information content (AvgIpc) is 1.56. The fourth-order valence-electron chi connectivity index (χ4n) is 18.4. The van der Waals surface area contributed by atoms with Crippen LogP contribution in [0.1, 0.15) is 0 Å². The van der Waals surface area contributed by atoms with Gasteiger partial charge in [-0.1, -0.05) is 291 Å². The van der Waals surface area contributed by atoms with Gasteiger partial charge in [-0.25, -0.2) is 15.0 Å². The number of nitrogens with zero attached hydrogens (tertiary/aromatic N) is 9. The van der Waals surface area contributed by atoms with Crippen molar-refractivity contribution in [1.29, 1.82) is 0 Å². The van der Waals surface area contributed by atoms with E-state index < -0.39 is 0 Å². The van der Waals surface area contributed by atoms with Crippen LogP contribution < -0.4 is 0 Å². The molecule has 9 heteroatoms. The molecule has 0 saturated carbocycles. The third-order valence-corrected chi connectivity index (χ3v) is 24.1. The summed E-state index contributed by atoms with van der Waals surface area (Å²) in [5.74, 6) is 2.55. The Morgan fingerprint density at radius 2 is 0.417 bits per heavy atom. The van der Waals surface area contributed by atoms with Crippen molar-refractivity contribution in [1.82, 2.24) is 41.9 Å². The van der Waals surface area contributed by atoms with E-state index in [1.165, 1.54) is 0 Å². The summed E-state index contributed by atoms with van der Waals surface area (Å²) in [4.78, 5) is 16.7. The zero-order chi connectivity index (χ0) is 78.9. The van der Waals surface area contributed by atoms with Crippen molar-refractivity contribution in [3.8, 4) is 139 Å². The highest BCUT2D eigenvalue weighted by atomic mass is 15.2. The van der Waals surface area contributed by atoms with Crippen LogP contribution in [0.2, 0.25) is 0 Å². The second-order valence-electron chi connectivity index (χ2n) is 31.2. The van der Waals surface area contributed by atoms with Crippen LogP contribution >= 0.6 is 0 Å². The minimum atomic E-state index is 0.842. The van der Waals surface area contributed by atoms with Gasteiger partial charge in [0.15, 0.2) is 0 Å². The number of fused-ring (bicyclic) bond motifs is 15. The molecular weight excluding hydrogens is 1460 g/mol. The van der Waals surface area contributed by atoms with Gasteiger partial charge in [-0.15, -0.1) is 0 Å². The molecule has 0 spiro atoms. The molecule has 0 atom stereocenters. The van der Waals surface area contributed by atoms with Crippen molar-refractivity contribution in [2.75, 3.05) is 0 Å². The third-order valence-electron chi connectivity index (χ3n) is 24.1. The van der Waals surface area contributed by atoms with Crippen LogP contribution in [0.4, 0.5) is 0 Å². The molecule has 0 radical (unpaired) electrons. The van der Waals surface area contributed by atoms with E-state index in [9.17, 15) is 0 Å². The van der Waals surface area contributed by atoms with Crippen LogP contribution in [0, 0.1) is 0 Å². The molecule has 24 rings (SSSR count). The van der Waals surface area contributed by atoms with Crippen LogP contribution in [-0.4, -0.2) is 41.9 Å². The van der Waals surface area contributed by atoms with Crippen LogP contribution in [0.25, 0.3) is 223 Å². The lowest BCUT2D eigenvalue weighted by atomic mass is 9.92. The molecule has 24 aromatic rings. The first-order valence-corrected chi connectivity index (χ1v) is 40.9. The van der Waals surface area contributed by atoms with Crippen molar-refractivity contribution in [3.05, 3.63) is 431 Å². The van der Waals surface area contributed by atoms with Crippen LogP contribution in [-0.2, 0) is 0 Å². The highest BCUT2D eigenvalue weighted by Crippen LogP contribution is 2.44. The van der Waals surface area contributed by atoms with E-state index >= 15 is 0 Å². The molecule has 0 aliphatic heterocycles. The van der Waals surface area contributed by atoms with Gasteiger partial charge in [-0.3, -0.25) is 26.9 Å². The number of aromatic nitrogens is 9. The van der Waals surface area contributed by atoms with Crippen LogP contribution in [0.3, 0.4) is 0 Å². The van der Waals surface area contributed by atoms with Gasteiger partial charge in [-0.2, -0.15) is 0 Å². The number of benzene rings is 18. The number of hydrogen-bond donors (Lipinski definition) is 0. The van der Waals surface area contributed by atoms with Crippen molar-refractivity contribution in [2.24, 2.45) is 0 Å². The molecular formula is C111H71N9. The minimum absolute atomic E-state index is 0.842. The molecule has 0 unspecified atom stereocenters. The number of para-hydroxylation sites is 5. The van der Waals surface area contributed by atoms with Crippen LogP contribution in [0.5, 0.6) is 0 Å². The molecule has 6 heterocycles. The van der Waals surface area contributed by atoms with Gasteiger partial charge >= 0.3 is 0 Å². The molecule has 0 N–H and O–H groups in total. The Bertz CT molecular complexity index is 8110. The molecule has 6 aromatic heterocycles. The Balaban J connectivity index is 0.585. The molecule has 120 heavy (non-hydrogen) atoms. The SMILES string of the molecule is c1ccc(-c2cc(-c3cccc(-c4cccc5nc6n(-c7cc(-c8ccccc8)cc(-c8ccccc8)c7)c7ccccc7n6c45)c3)cc(-c3cccc(-n4c5ccccc5n5c6ccc(-c7ccc(-c8cc(-c9ccccc9)cc(-n9c%10cc(-c%11ccccc%11)ccc%10n%10c%11ccc(-c%12ccccc%12)cc%11nc9%10)c8)cc7)cc6nc45)c3)c2)cc1. The average molecular weight is 1530 g/mol. The summed E-state index contributed by atoms with van der Waals surface area (Å²) in [6.45, 7) is 0. The lowest BCUT2D eigenvalue weighted by Gasteiger charge is -2.14. The van der Waals surface area contributed by atoms with Gasteiger partial charge < -0.3 is 0 Å². The summed E-state index contributed by atoms with van der Waals surface area (Å²) in [5.41, 5.74) is 40.2. The first-order chi connectivity index (χ1) is 59.4. The Kier molecular flexibility index (Phi) is 15.8. The lowest BCUT2D eigenvalue weighted by Crippen LogP contribution is -1.97. The van der Waals surface area contributed by atoms with E-state index in [1.54, 1.807) is 0 Å². The maximum atomic E-state index is 5.59. The summed E-state index contributed by atoms with van der Waals surface area (Å²) < 4.78 is 14.0. The van der Waals surface area contributed by atoms with E-state index in [4.69, 9.17) is 15.0 Å².